The number of rotatable bonds is 65. The van der Waals surface area contributed by atoms with Crippen molar-refractivity contribution in [1.82, 2.24) is 0 Å². The summed E-state index contributed by atoms with van der Waals surface area (Å²) in [5.41, 5.74) is 0. The van der Waals surface area contributed by atoms with E-state index in [1.807, 2.05) is 21.1 Å². The minimum atomic E-state index is -1.52. The molecule has 0 aromatic heterocycles. The van der Waals surface area contributed by atoms with Gasteiger partial charge in [-0.1, -0.05) is 297 Å². The molecule has 0 aliphatic carbocycles. The van der Waals surface area contributed by atoms with Crippen molar-refractivity contribution in [2.24, 2.45) is 0 Å². The molecule has 0 saturated carbocycles. The summed E-state index contributed by atoms with van der Waals surface area (Å²) in [6.07, 6.45) is 88.2. The van der Waals surface area contributed by atoms with Crippen LogP contribution in [0.15, 0.2) is 97.2 Å². The van der Waals surface area contributed by atoms with E-state index in [4.69, 9.17) is 18.9 Å². The first-order valence-corrected chi connectivity index (χ1v) is 35.4. The SMILES string of the molecule is CC/C=C\C/C=C\C/C=C\C/C=C\C/C=C\CCCCCCCCCCCCCCCCCCCCCCCCCCCC(=O)OC(COC(=O)CCCCCCCC/C=C\C/C=C\C/C=C\CCCCC)COC(OCC[N+](C)(C)C)C(=O)O. The van der Waals surface area contributed by atoms with Crippen molar-refractivity contribution in [2.45, 2.75) is 322 Å². The Morgan fingerprint density at radius 3 is 1.00 bits per heavy atom. The molecule has 0 saturated heterocycles. The highest BCUT2D eigenvalue weighted by Crippen LogP contribution is 2.18. The fraction of sp³-hybridized carbons (Fsp3) is 0.750. The van der Waals surface area contributed by atoms with Gasteiger partial charge in [0.2, 0.25) is 0 Å². The molecule has 0 aromatic carbocycles. The van der Waals surface area contributed by atoms with Crippen LogP contribution in [0.4, 0.5) is 0 Å². The Hall–Kier alpha value is -3.79. The van der Waals surface area contributed by atoms with Crippen molar-refractivity contribution in [3.63, 3.8) is 0 Å². The van der Waals surface area contributed by atoms with Gasteiger partial charge in [0.1, 0.15) is 13.2 Å². The molecule has 85 heavy (non-hydrogen) atoms. The van der Waals surface area contributed by atoms with E-state index in [1.54, 1.807) is 0 Å². The zero-order valence-corrected chi connectivity index (χ0v) is 56.0. The van der Waals surface area contributed by atoms with Crippen molar-refractivity contribution in [1.29, 1.82) is 0 Å². The topological polar surface area (TPSA) is 108 Å². The van der Waals surface area contributed by atoms with Gasteiger partial charge >= 0.3 is 17.9 Å². The number of carboxylic acid groups (broad SMARTS) is 1. The van der Waals surface area contributed by atoms with Gasteiger partial charge in [-0.05, 0) is 96.3 Å². The predicted octanol–water partition coefficient (Wildman–Crippen LogP) is 22.0. The summed E-state index contributed by atoms with van der Waals surface area (Å²) in [6, 6.07) is 0. The van der Waals surface area contributed by atoms with Gasteiger partial charge in [0, 0.05) is 12.8 Å². The molecule has 2 unspecified atom stereocenters. The Morgan fingerprint density at radius 2 is 0.671 bits per heavy atom. The van der Waals surface area contributed by atoms with Gasteiger partial charge in [-0.15, -0.1) is 0 Å². The van der Waals surface area contributed by atoms with Crippen LogP contribution < -0.4 is 0 Å². The third-order valence-corrected chi connectivity index (χ3v) is 15.3. The molecule has 9 nitrogen and oxygen atoms in total. The molecule has 0 spiro atoms. The van der Waals surface area contributed by atoms with Gasteiger partial charge in [-0.25, -0.2) is 4.79 Å². The Balaban J connectivity index is 3.99. The summed E-state index contributed by atoms with van der Waals surface area (Å²) in [5, 5.41) is 9.73. The third-order valence-electron chi connectivity index (χ3n) is 15.3. The fourth-order valence-corrected chi connectivity index (χ4v) is 9.93. The minimum Gasteiger partial charge on any atom is -0.477 e. The van der Waals surface area contributed by atoms with Crippen LogP contribution in [-0.2, 0) is 33.3 Å². The molecule has 1 N–H and O–H groups in total. The van der Waals surface area contributed by atoms with E-state index in [0.29, 0.717) is 11.0 Å². The quantitative estimate of drug-likeness (QED) is 0.0211. The summed E-state index contributed by atoms with van der Waals surface area (Å²) >= 11 is 0. The zero-order chi connectivity index (χ0) is 61.9. The number of carbonyl (C=O) groups excluding carboxylic acids is 2. The molecule has 0 aliphatic rings. The van der Waals surface area contributed by atoms with Crippen molar-refractivity contribution in [3.8, 4) is 0 Å². The first-order chi connectivity index (χ1) is 41.6. The van der Waals surface area contributed by atoms with Gasteiger partial charge in [0.15, 0.2) is 6.10 Å². The number of carbonyl (C=O) groups is 3. The second-order valence-corrected chi connectivity index (χ2v) is 24.8. The van der Waals surface area contributed by atoms with Gasteiger partial charge in [-0.3, -0.25) is 9.59 Å². The molecule has 490 valence electrons. The van der Waals surface area contributed by atoms with Crippen molar-refractivity contribution < 1.29 is 42.9 Å². The number of nitrogens with zero attached hydrogens (tertiary/aromatic N) is 1. The second-order valence-electron chi connectivity index (χ2n) is 24.8. The van der Waals surface area contributed by atoms with E-state index in [9.17, 15) is 19.5 Å². The predicted molar refractivity (Wildman–Crippen MR) is 364 cm³/mol. The smallest absolute Gasteiger partial charge is 0.361 e. The van der Waals surface area contributed by atoms with Crippen LogP contribution in [0.25, 0.3) is 0 Å². The van der Waals surface area contributed by atoms with E-state index < -0.39 is 24.3 Å². The number of likely N-dealkylation sites (N-methyl/N-ethyl adjacent to an activating group) is 1. The number of allylic oxidation sites excluding steroid dienone is 16. The summed E-state index contributed by atoms with van der Waals surface area (Å²) in [7, 11) is 5.97. The van der Waals surface area contributed by atoms with Gasteiger partial charge in [0.05, 0.1) is 34.4 Å². The molecule has 0 bridgehead atoms. The number of hydrogen-bond donors (Lipinski definition) is 1. The summed E-state index contributed by atoms with van der Waals surface area (Å²) in [5.74, 6) is -2.01. The Morgan fingerprint density at radius 1 is 0.365 bits per heavy atom. The maximum absolute atomic E-state index is 12.9. The van der Waals surface area contributed by atoms with Crippen LogP contribution in [0.3, 0.4) is 0 Å². The number of esters is 2. The van der Waals surface area contributed by atoms with E-state index in [-0.39, 0.29) is 38.6 Å². The fourth-order valence-electron chi connectivity index (χ4n) is 9.93. The molecule has 0 amide bonds. The average molecular weight is 1190 g/mol. The molecule has 2 atom stereocenters. The first-order valence-electron chi connectivity index (χ1n) is 35.4. The maximum Gasteiger partial charge on any atom is 0.361 e. The van der Waals surface area contributed by atoms with Crippen molar-refractivity contribution >= 4 is 17.9 Å². The van der Waals surface area contributed by atoms with Crippen LogP contribution in [0.1, 0.15) is 309 Å². The largest absolute Gasteiger partial charge is 0.477 e. The molecule has 0 heterocycles. The normalized spacial score (nSPS) is 13.3. The van der Waals surface area contributed by atoms with Crippen LogP contribution in [0.2, 0.25) is 0 Å². The maximum atomic E-state index is 12.9. The van der Waals surface area contributed by atoms with E-state index in [2.05, 4.69) is 111 Å². The van der Waals surface area contributed by atoms with Crippen LogP contribution in [0, 0.1) is 0 Å². The highest BCUT2D eigenvalue weighted by Gasteiger charge is 2.25. The lowest BCUT2D eigenvalue weighted by molar-refractivity contribution is -0.870. The number of hydrogen-bond acceptors (Lipinski definition) is 7. The number of aliphatic carboxylic acids is 1. The first kappa shape index (κ1) is 81.2. The Labute approximate surface area is 524 Å². The van der Waals surface area contributed by atoms with Gasteiger partial charge < -0.3 is 28.5 Å². The zero-order valence-electron chi connectivity index (χ0n) is 56.0. The molecular formula is C76H134NO8+. The van der Waals surface area contributed by atoms with Gasteiger partial charge in [-0.2, -0.15) is 0 Å². The lowest BCUT2D eigenvalue weighted by atomic mass is 10.0. The molecule has 0 radical (unpaired) electrons. The van der Waals surface area contributed by atoms with E-state index in [0.717, 1.165) is 96.3 Å². The molecule has 0 aliphatic heterocycles. The highest BCUT2D eigenvalue weighted by atomic mass is 16.7. The summed E-state index contributed by atoms with van der Waals surface area (Å²) in [4.78, 5) is 37.6. The lowest BCUT2D eigenvalue weighted by Crippen LogP contribution is -2.40. The van der Waals surface area contributed by atoms with Gasteiger partial charge in [0.25, 0.3) is 6.29 Å². The Kier molecular flexibility index (Phi) is 63.2. The van der Waals surface area contributed by atoms with Crippen LogP contribution in [0.5, 0.6) is 0 Å². The highest BCUT2D eigenvalue weighted by molar-refractivity contribution is 5.71. The number of unbranched alkanes of at least 4 members (excludes halogenated alkanes) is 34. The second kappa shape index (κ2) is 66.2. The van der Waals surface area contributed by atoms with Crippen LogP contribution >= 0.6 is 0 Å². The third kappa shape index (κ3) is 67.6. The summed E-state index contributed by atoms with van der Waals surface area (Å²) in [6.45, 7) is 4.75. The number of quaternary nitrogens is 1. The van der Waals surface area contributed by atoms with Crippen molar-refractivity contribution in [2.75, 3.05) is 47.5 Å². The summed E-state index contributed by atoms with van der Waals surface area (Å²) < 4.78 is 22.9. The molecule has 0 fully saturated rings. The molecule has 9 heteroatoms. The lowest BCUT2D eigenvalue weighted by Gasteiger charge is -2.25. The molecule has 0 aromatic rings. The molecular weight excluding hydrogens is 1050 g/mol. The van der Waals surface area contributed by atoms with E-state index in [1.165, 1.54) is 186 Å². The Bertz CT molecular complexity index is 1720. The standard InChI is InChI=1S/C76H133NO8/c1-6-8-10-12-14-16-18-20-22-24-26-27-28-29-30-31-32-33-34-35-36-37-38-39-40-41-42-43-44-45-46-47-49-51-53-55-57-59-61-63-65-67-74(79)85-72(71-84-76(75(80)81)82-69-68-77(3,4)5)70-83-73(78)66-64-62-60-58-56-54-52-50-48-25-23-21-19-17-15-13-11-9-7-2/h8,10,14-17,20-23,26-27,29-30,48,50,72,76H,6-7,9,11-13,18-19,24-25,28,31-47,49,51-71H2,1-5H3/p+1/b10-8-,16-14-,17-15-,22-20-,23-21-,27-26-,30-29-,50-48-. The van der Waals surface area contributed by atoms with Crippen molar-refractivity contribution in [3.05, 3.63) is 97.2 Å². The van der Waals surface area contributed by atoms with Crippen LogP contribution in [-0.4, -0.2) is 87.4 Å². The minimum absolute atomic E-state index is 0.184. The average Bonchev–Trinajstić information content (AvgIpc) is 3.49. The molecule has 0 rings (SSSR count). The number of ether oxygens (including phenoxy) is 4. The van der Waals surface area contributed by atoms with E-state index >= 15 is 0 Å². The number of carboxylic acids is 1. The monoisotopic (exact) mass is 1190 g/mol.